The number of carbonyl (C=O) groups excluding carboxylic acids is 1. The Kier molecular flexibility index (Phi) is 4.87. The molecule has 24 heavy (non-hydrogen) atoms. The maximum absolute atomic E-state index is 12.3. The molecule has 0 saturated carbocycles. The fourth-order valence-corrected chi connectivity index (χ4v) is 3.60. The lowest BCUT2D eigenvalue weighted by atomic mass is 9.81. The molecule has 3 rings (SSSR count). The summed E-state index contributed by atoms with van der Waals surface area (Å²) in [7, 11) is 0. The van der Waals surface area contributed by atoms with Gasteiger partial charge in [0.2, 0.25) is 10.9 Å². The summed E-state index contributed by atoms with van der Waals surface area (Å²) < 4.78 is 1.81. The van der Waals surface area contributed by atoms with E-state index in [4.69, 9.17) is 11.6 Å². The van der Waals surface area contributed by atoms with Crippen molar-refractivity contribution in [3.63, 3.8) is 0 Å². The molecular formula is C17H19ClN4OS. The number of nitrogens with zero attached hydrogens (tertiary/aromatic N) is 3. The third-order valence-electron chi connectivity index (χ3n) is 4.02. The largest absolute Gasteiger partial charge is 0.356 e. The second kappa shape index (κ2) is 6.91. The van der Waals surface area contributed by atoms with Crippen molar-refractivity contribution < 1.29 is 4.79 Å². The molecule has 0 aliphatic carbocycles. The first-order valence-electron chi connectivity index (χ1n) is 7.74. The molecule has 0 unspecified atom stereocenters. The highest BCUT2D eigenvalue weighted by molar-refractivity contribution is 7.15. The van der Waals surface area contributed by atoms with E-state index in [2.05, 4.69) is 29.2 Å². The normalized spacial score (nSPS) is 11.8. The zero-order chi connectivity index (χ0) is 17.2. The van der Waals surface area contributed by atoms with Crippen LogP contribution in [0.15, 0.2) is 36.0 Å². The van der Waals surface area contributed by atoms with Gasteiger partial charge in [0.15, 0.2) is 0 Å². The Labute approximate surface area is 149 Å². The van der Waals surface area contributed by atoms with Crippen LogP contribution in [0.1, 0.15) is 31.5 Å². The molecule has 0 saturated heterocycles. The molecule has 3 aromatic rings. The van der Waals surface area contributed by atoms with Crippen LogP contribution in [0.5, 0.6) is 0 Å². The van der Waals surface area contributed by atoms with Crippen molar-refractivity contribution in [3.05, 3.63) is 52.3 Å². The number of thiazole rings is 1. The van der Waals surface area contributed by atoms with Gasteiger partial charge in [-0.25, -0.2) is 9.50 Å². The molecule has 0 atom stereocenters. The van der Waals surface area contributed by atoms with Crippen molar-refractivity contribution in [2.24, 2.45) is 0 Å². The molecule has 1 N–H and O–H groups in total. The number of halogens is 1. The second-order valence-corrected chi connectivity index (χ2v) is 7.62. The molecule has 5 nitrogen and oxygen atoms in total. The topological polar surface area (TPSA) is 59.3 Å². The fraction of sp³-hybridized carbons (Fsp3) is 0.353. The Morgan fingerprint density at radius 3 is 2.83 bits per heavy atom. The molecule has 0 bridgehead atoms. The highest BCUT2D eigenvalue weighted by atomic mass is 35.5. The monoisotopic (exact) mass is 362 g/mol. The zero-order valence-electron chi connectivity index (χ0n) is 13.6. The van der Waals surface area contributed by atoms with Crippen molar-refractivity contribution in [2.75, 3.05) is 6.54 Å². The minimum absolute atomic E-state index is 0.0417. The van der Waals surface area contributed by atoms with Crippen LogP contribution in [-0.2, 0) is 16.6 Å². The van der Waals surface area contributed by atoms with Gasteiger partial charge in [-0.3, -0.25) is 4.79 Å². The van der Waals surface area contributed by atoms with Gasteiger partial charge in [0.05, 0.1) is 5.69 Å². The van der Waals surface area contributed by atoms with E-state index in [-0.39, 0.29) is 11.3 Å². The third kappa shape index (κ3) is 3.76. The summed E-state index contributed by atoms with van der Waals surface area (Å²) in [5, 5.41) is 9.90. The van der Waals surface area contributed by atoms with Crippen LogP contribution in [0, 0.1) is 0 Å². The summed E-state index contributed by atoms with van der Waals surface area (Å²) in [5.41, 5.74) is 1.92. The number of benzene rings is 1. The number of carbonyl (C=O) groups is 1. The van der Waals surface area contributed by atoms with Crippen LogP contribution >= 0.6 is 22.9 Å². The summed E-state index contributed by atoms with van der Waals surface area (Å²) in [6.07, 6.45) is 2.70. The minimum Gasteiger partial charge on any atom is -0.356 e. The highest BCUT2D eigenvalue weighted by Gasteiger charge is 2.24. The van der Waals surface area contributed by atoms with Gasteiger partial charge in [0.25, 0.3) is 0 Å². The Morgan fingerprint density at radius 1 is 1.33 bits per heavy atom. The van der Waals surface area contributed by atoms with Gasteiger partial charge in [0.1, 0.15) is 6.33 Å². The molecule has 0 spiro atoms. The van der Waals surface area contributed by atoms with Crippen LogP contribution < -0.4 is 5.32 Å². The van der Waals surface area contributed by atoms with E-state index in [1.807, 2.05) is 34.2 Å². The van der Waals surface area contributed by atoms with Crippen molar-refractivity contribution in [2.45, 2.75) is 32.1 Å². The molecular weight excluding hydrogens is 344 g/mol. The molecule has 0 aliphatic heterocycles. The number of hydrogen-bond donors (Lipinski definition) is 1. The van der Waals surface area contributed by atoms with E-state index in [0.717, 1.165) is 22.6 Å². The zero-order valence-corrected chi connectivity index (χ0v) is 15.2. The van der Waals surface area contributed by atoms with Crippen LogP contribution in [0.2, 0.25) is 5.02 Å². The van der Waals surface area contributed by atoms with E-state index < -0.39 is 0 Å². The predicted octanol–water partition coefficient (Wildman–Crippen LogP) is 3.47. The Hall–Kier alpha value is -1.92. The number of hydrogen-bond acceptors (Lipinski definition) is 4. The number of nitrogens with one attached hydrogen (secondary N) is 1. The van der Waals surface area contributed by atoms with E-state index in [0.29, 0.717) is 18.0 Å². The van der Waals surface area contributed by atoms with Crippen LogP contribution in [-0.4, -0.2) is 27.0 Å². The molecule has 0 radical (unpaired) electrons. The Bertz CT molecular complexity index is 838. The maximum Gasteiger partial charge on any atom is 0.220 e. The van der Waals surface area contributed by atoms with Gasteiger partial charge >= 0.3 is 0 Å². The first kappa shape index (κ1) is 16.9. The molecule has 2 heterocycles. The van der Waals surface area contributed by atoms with Crippen molar-refractivity contribution in [1.82, 2.24) is 19.9 Å². The molecule has 2 aromatic heterocycles. The highest BCUT2D eigenvalue weighted by Crippen LogP contribution is 2.28. The lowest BCUT2D eigenvalue weighted by Crippen LogP contribution is -2.32. The Balaban J connectivity index is 1.53. The smallest absolute Gasteiger partial charge is 0.220 e. The van der Waals surface area contributed by atoms with Gasteiger partial charge in [-0.05, 0) is 23.1 Å². The summed E-state index contributed by atoms with van der Waals surface area (Å²) in [5.74, 6) is 0.0417. The van der Waals surface area contributed by atoms with Gasteiger partial charge in [-0.1, -0.05) is 37.6 Å². The quantitative estimate of drug-likeness (QED) is 0.730. The first-order valence-corrected chi connectivity index (χ1v) is 9.00. The number of aromatic nitrogens is 3. The average molecular weight is 363 g/mol. The summed E-state index contributed by atoms with van der Waals surface area (Å²) >= 11 is 7.48. The summed E-state index contributed by atoms with van der Waals surface area (Å²) in [6.45, 7) is 4.71. The van der Waals surface area contributed by atoms with Crippen molar-refractivity contribution >= 4 is 33.8 Å². The third-order valence-corrected chi connectivity index (χ3v) is 5.15. The number of rotatable bonds is 6. The lowest BCUT2D eigenvalue weighted by molar-refractivity contribution is -0.122. The number of fused-ring (bicyclic) bond motifs is 1. The second-order valence-electron chi connectivity index (χ2n) is 6.35. The molecule has 1 aromatic carbocycles. The fourth-order valence-electron chi connectivity index (χ4n) is 2.64. The van der Waals surface area contributed by atoms with E-state index in [1.54, 1.807) is 17.7 Å². The molecule has 7 heteroatoms. The van der Waals surface area contributed by atoms with Crippen LogP contribution in [0.4, 0.5) is 0 Å². The van der Waals surface area contributed by atoms with E-state index in [9.17, 15) is 4.79 Å². The van der Waals surface area contributed by atoms with Gasteiger partial charge in [0, 0.05) is 29.8 Å². The van der Waals surface area contributed by atoms with E-state index >= 15 is 0 Å². The predicted molar refractivity (Wildman–Crippen MR) is 96.7 cm³/mol. The maximum atomic E-state index is 12.3. The van der Waals surface area contributed by atoms with Crippen LogP contribution in [0.25, 0.3) is 4.96 Å². The van der Waals surface area contributed by atoms with Crippen molar-refractivity contribution in [1.29, 1.82) is 0 Å². The summed E-state index contributed by atoms with van der Waals surface area (Å²) in [4.78, 5) is 17.3. The molecule has 1 amide bonds. The molecule has 0 aliphatic rings. The molecule has 126 valence electrons. The average Bonchev–Trinajstić information content (AvgIpc) is 3.12. The van der Waals surface area contributed by atoms with Crippen molar-refractivity contribution in [3.8, 4) is 0 Å². The molecule has 0 fully saturated rings. The summed E-state index contributed by atoms with van der Waals surface area (Å²) in [6, 6.07) is 7.66. The number of amides is 1. The SMILES string of the molecule is CC(C)(CC(=O)NCCc1csc2ncnn12)c1ccc(Cl)cc1. The van der Waals surface area contributed by atoms with Gasteiger partial charge in [-0.2, -0.15) is 5.10 Å². The van der Waals surface area contributed by atoms with Crippen LogP contribution in [0.3, 0.4) is 0 Å². The van der Waals surface area contributed by atoms with Gasteiger partial charge < -0.3 is 5.32 Å². The Morgan fingerprint density at radius 2 is 2.08 bits per heavy atom. The minimum atomic E-state index is -0.240. The van der Waals surface area contributed by atoms with E-state index in [1.165, 1.54) is 0 Å². The lowest BCUT2D eigenvalue weighted by Gasteiger charge is -2.24. The first-order chi connectivity index (χ1) is 11.5. The van der Waals surface area contributed by atoms with Gasteiger partial charge in [-0.15, -0.1) is 11.3 Å². The standard InChI is InChI=1S/C17H19ClN4OS/c1-17(2,12-3-5-13(18)6-4-12)9-15(23)19-8-7-14-10-24-16-20-11-21-22(14)16/h3-6,10-11H,7-9H2,1-2H3,(H,19,23).